The van der Waals surface area contributed by atoms with Gasteiger partial charge in [-0.2, -0.15) is 15.0 Å². The van der Waals surface area contributed by atoms with Gasteiger partial charge in [-0.25, -0.2) is 0 Å². The number of fused-ring (bicyclic) bond motifs is 1. The molecule has 0 spiro atoms. The number of anilines is 2. The lowest BCUT2D eigenvalue weighted by molar-refractivity contribution is -0.128. The number of rotatable bonds is 6. The topological polar surface area (TPSA) is 129 Å². The number of carbonyl (C=O) groups excluding carboxylic acids is 1. The molecule has 0 aliphatic carbocycles. The maximum atomic E-state index is 12.5. The van der Waals surface area contributed by atoms with Crippen LogP contribution in [0.1, 0.15) is 12.5 Å². The molecular weight excluding hydrogens is 356 g/mol. The molecule has 0 atom stereocenters. The van der Waals surface area contributed by atoms with Gasteiger partial charge in [0.05, 0.1) is 5.75 Å². The van der Waals surface area contributed by atoms with Crippen molar-refractivity contribution in [3.8, 4) is 11.5 Å². The summed E-state index contributed by atoms with van der Waals surface area (Å²) in [6.07, 6.45) is 0. The average molecular weight is 376 g/mol. The highest BCUT2D eigenvalue weighted by Crippen LogP contribution is 2.31. The lowest BCUT2D eigenvalue weighted by Gasteiger charge is -2.23. The number of nitrogens with two attached hydrogens (primary N) is 2. The predicted molar refractivity (Wildman–Crippen MR) is 97.9 cm³/mol. The van der Waals surface area contributed by atoms with E-state index >= 15 is 0 Å². The Morgan fingerprint density at radius 3 is 2.54 bits per heavy atom. The van der Waals surface area contributed by atoms with Crippen molar-refractivity contribution in [3.05, 3.63) is 23.8 Å². The van der Waals surface area contributed by atoms with E-state index in [1.165, 1.54) is 11.8 Å². The standard InChI is InChI=1S/C16H20N6O3S/c1-2-22(8-10-3-4-11-12(7-10)25-6-5-24-11)13(23)9-26-16-20-14(17)19-15(18)21-16/h3-4,7H,2,5-6,8-9H2,1H3,(H4,17,18,19,20,21). The van der Waals surface area contributed by atoms with E-state index in [0.717, 1.165) is 11.3 Å². The average Bonchev–Trinajstić information content (AvgIpc) is 2.63. The number of benzene rings is 1. The highest BCUT2D eigenvalue weighted by molar-refractivity contribution is 7.99. The lowest BCUT2D eigenvalue weighted by Crippen LogP contribution is -2.31. The van der Waals surface area contributed by atoms with Crippen molar-refractivity contribution < 1.29 is 14.3 Å². The van der Waals surface area contributed by atoms with Gasteiger partial charge in [0.2, 0.25) is 17.8 Å². The summed E-state index contributed by atoms with van der Waals surface area (Å²) in [5, 5.41) is 0.332. The van der Waals surface area contributed by atoms with Crippen LogP contribution < -0.4 is 20.9 Å². The summed E-state index contributed by atoms with van der Waals surface area (Å²) >= 11 is 1.18. The molecule has 1 aromatic carbocycles. The van der Waals surface area contributed by atoms with Gasteiger partial charge in [0, 0.05) is 13.1 Å². The number of nitrogen functional groups attached to an aromatic ring is 2. The highest BCUT2D eigenvalue weighted by atomic mass is 32.2. The number of thioether (sulfide) groups is 1. The number of hydrogen-bond acceptors (Lipinski definition) is 9. The molecule has 0 radical (unpaired) electrons. The molecule has 2 aromatic rings. The summed E-state index contributed by atoms with van der Waals surface area (Å²) < 4.78 is 11.1. The second kappa shape index (κ2) is 8.09. The SMILES string of the molecule is CCN(Cc1ccc2c(c1)OCCO2)C(=O)CSc1nc(N)nc(N)n1. The van der Waals surface area contributed by atoms with Crippen molar-refractivity contribution in [1.29, 1.82) is 0 Å². The fourth-order valence-corrected chi connectivity index (χ4v) is 3.20. The zero-order valence-corrected chi connectivity index (χ0v) is 15.2. The third-order valence-electron chi connectivity index (χ3n) is 3.69. The molecule has 1 aliphatic rings. The number of hydrogen-bond donors (Lipinski definition) is 2. The molecule has 0 unspecified atom stereocenters. The first-order chi connectivity index (χ1) is 12.5. The molecule has 26 heavy (non-hydrogen) atoms. The molecule has 4 N–H and O–H groups in total. The number of amides is 1. The second-order valence-electron chi connectivity index (χ2n) is 5.51. The van der Waals surface area contributed by atoms with E-state index in [2.05, 4.69) is 15.0 Å². The lowest BCUT2D eigenvalue weighted by atomic mass is 10.2. The molecule has 2 heterocycles. The molecule has 1 amide bonds. The highest BCUT2D eigenvalue weighted by Gasteiger charge is 2.17. The van der Waals surface area contributed by atoms with E-state index < -0.39 is 0 Å². The minimum atomic E-state index is -0.0371. The number of aromatic nitrogens is 3. The van der Waals surface area contributed by atoms with Crippen LogP contribution in [0.3, 0.4) is 0 Å². The van der Waals surface area contributed by atoms with Gasteiger partial charge in [-0.3, -0.25) is 4.79 Å². The summed E-state index contributed by atoms with van der Waals surface area (Å²) in [5.74, 6) is 1.66. The van der Waals surface area contributed by atoms with E-state index in [4.69, 9.17) is 20.9 Å². The molecule has 0 saturated carbocycles. The van der Waals surface area contributed by atoms with Crippen LogP contribution in [-0.4, -0.2) is 51.3 Å². The number of ether oxygens (including phenoxy) is 2. The van der Waals surface area contributed by atoms with E-state index in [9.17, 15) is 4.79 Å². The monoisotopic (exact) mass is 376 g/mol. The Morgan fingerprint density at radius 1 is 1.15 bits per heavy atom. The van der Waals surface area contributed by atoms with Gasteiger partial charge in [-0.05, 0) is 24.6 Å². The van der Waals surface area contributed by atoms with Crippen LogP contribution in [0.5, 0.6) is 11.5 Å². The van der Waals surface area contributed by atoms with Crippen molar-refractivity contribution in [2.75, 3.05) is 37.0 Å². The molecular formula is C16H20N6O3S. The maximum Gasteiger partial charge on any atom is 0.233 e. The van der Waals surface area contributed by atoms with E-state index in [1.807, 2.05) is 25.1 Å². The van der Waals surface area contributed by atoms with Crippen LogP contribution in [-0.2, 0) is 11.3 Å². The Bertz CT molecular complexity index is 783. The fraction of sp³-hybridized carbons (Fsp3) is 0.375. The Morgan fingerprint density at radius 2 is 1.85 bits per heavy atom. The summed E-state index contributed by atoms with van der Waals surface area (Å²) in [4.78, 5) is 25.9. The molecule has 0 fully saturated rings. The first-order valence-electron chi connectivity index (χ1n) is 8.11. The minimum absolute atomic E-state index is 0.0371. The van der Waals surface area contributed by atoms with Crippen LogP contribution in [0, 0.1) is 0 Å². The van der Waals surface area contributed by atoms with E-state index in [-0.39, 0.29) is 23.6 Å². The van der Waals surface area contributed by atoms with Crippen molar-refractivity contribution in [3.63, 3.8) is 0 Å². The van der Waals surface area contributed by atoms with Crippen LogP contribution in [0.4, 0.5) is 11.9 Å². The van der Waals surface area contributed by atoms with Gasteiger partial charge in [0.25, 0.3) is 0 Å². The summed E-state index contributed by atoms with van der Waals surface area (Å²) in [7, 11) is 0. The van der Waals surface area contributed by atoms with Gasteiger partial charge in [-0.1, -0.05) is 17.8 Å². The fourth-order valence-electron chi connectivity index (χ4n) is 2.45. The van der Waals surface area contributed by atoms with Crippen LogP contribution in [0.2, 0.25) is 0 Å². The van der Waals surface area contributed by atoms with Crippen molar-refractivity contribution in [2.45, 2.75) is 18.6 Å². The predicted octanol–water partition coefficient (Wildman–Crippen LogP) is 0.948. The van der Waals surface area contributed by atoms with Crippen molar-refractivity contribution in [2.24, 2.45) is 0 Å². The molecule has 3 rings (SSSR count). The molecule has 0 bridgehead atoms. The Labute approximate surface area is 155 Å². The zero-order valence-electron chi connectivity index (χ0n) is 14.3. The quantitative estimate of drug-likeness (QED) is 0.708. The first kappa shape index (κ1) is 18.1. The molecule has 0 saturated heterocycles. The zero-order chi connectivity index (χ0) is 18.5. The van der Waals surface area contributed by atoms with Gasteiger partial charge >= 0.3 is 0 Å². The van der Waals surface area contributed by atoms with Crippen LogP contribution in [0.25, 0.3) is 0 Å². The third kappa shape index (κ3) is 4.45. The maximum absolute atomic E-state index is 12.5. The summed E-state index contributed by atoms with van der Waals surface area (Å²) in [5.41, 5.74) is 12.0. The number of nitrogens with zero attached hydrogens (tertiary/aromatic N) is 4. The van der Waals surface area contributed by atoms with E-state index in [1.54, 1.807) is 4.90 Å². The van der Waals surface area contributed by atoms with Gasteiger partial charge < -0.3 is 25.8 Å². The summed E-state index contributed by atoms with van der Waals surface area (Å²) in [6.45, 7) is 4.07. The molecule has 138 valence electrons. The Hall–Kier alpha value is -2.75. The van der Waals surface area contributed by atoms with Crippen LogP contribution >= 0.6 is 11.8 Å². The van der Waals surface area contributed by atoms with Crippen molar-refractivity contribution in [1.82, 2.24) is 19.9 Å². The molecule has 9 nitrogen and oxygen atoms in total. The molecule has 1 aliphatic heterocycles. The Balaban J connectivity index is 1.61. The number of carbonyl (C=O) groups is 1. The van der Waals surface area contributed by atoms with E-state index in [0.29, 0.717) is 37.2 Å². The summed E-state index contributed by atoms with van der Waals surface area (Å²) in [6, 6.07) is 5.71. The largest absolute Gasteiger partial charge is 0.486 e. The third-order valence-corrected chi connectivity index (χ3v) is 4.52. The van der Waals surface area contributed by atoms with Crippen molar-refractivity contribution >= 4 is 29.6 Å². The minimum Gasteiger partial charge on any atom is -0.486 e. The molecule has 10 heteroatoms. The molecule has 1 aromatic heterocycles. The smallest absolute Gasteiger partial charge is 0.233 e. The Kier molecular flexibility index (Phi) is 5.61. The van der Waals surface area contributed by atoms with Crippen LogP contribution in [0.15, 0.2) is 23.4 Å². The van der Waals surface area contributed by atoms with Gasteiger partial charge in [0.15, 0.2) is 16.7 Å². The van der Waals surface area contributed by atoms with Gasteiger partial charge in [0.1, 0.15) is 13.2 Å². The first-order valence-corrected chi connectivity index (χ1v) is 9.10. The normalized spacial score (nSPS) is 12.7. The van der Waals surface area contributed by atoms with Gasteiger partial charge in [-0.15, -0.1) is 0 Å². The second-order valence-corrected chi connectivity index (χ2v) is 6.45.